The molecule has 0 unspecified atom stereocenters. The molecule has 1 aromatic rings. The normalized spacial score (nSPS) is 12.5. The molecule has 0 saturated heterocycles. The molecule has 0 aliphatic carbocycles. The van der Waals surface area contributed by atoms with Gasteiger partial charge in [-0.1, -0.05) is 13.8 Å². The van der Waals surface area contributed by atoms with E-state index in [0.717, 1.165) is 6.20 Å². The zero-order chi connectivity index (χ0) is 12.8. The van der Waals surface area contributed by atoms with Crippen LogP contribution in [0.15, 0.2) is 17.2 Å². The number of aromatic amines is 1. The summed E-state index contributed by atoms with van der Waals surface area (Å²) in [6.45, 7) is 4.32. The van der Waals surface area contributed by atoms with Gasteiger partial charge < -0.3 is 15.4 Å². The van der Waals surface area contributed by atoms with Crippen molar-refractivity contribution >= 4 is 5.91 Å². The maximum absolute atomic E-state index is 11.6. The molecule has 6 heteroatoms. The summed E-state index contributed by atoms with van der Waals surface area (Å²) < 4.78 is 0. The van der Waals surface area contributed by atoms with E-state index in [4.69, 9.17) is 5.11 Å². The molecule has 17 heavy (non-hydrogen) atoms. The third kappa shape index (κ3) is 3.99. The first-order valence-electron chi connectivity index (χ1n) is 5.48. The summed E-state index contributed by atoms with van der Waals surface area (Å²) in [6, 6.07) is 0. The van der Waals surface area contributed by atoms with Gasteiger partial charge in [-0.25, -0.2) is 0 Å². The molecule has 0 bridgehead atoms. The zero-order valence-electron chi connectivity index (χ0n) is 9.93. The van der Waals surface area contributed by atoms with Crippen molar-refractivity contribution in [2.45, 2.75) is 13.8 Å². The summed E-state index contributed by atoms with van der Waals surface area (Å²) >= 11 is 0. The number of hydrogen-bond donors (Lipinski definition) is 3. The molecule has 6 nitrogen and oxygen atoms in total. The number of H-pyrrole nitrogens is 1. The minimum atomic E-state index is -0.416. The largest absolute Gasteiger partial charge is 0.396 e. The summed E-state index contributed by atoms with van der Waals surface area (Å²) in [5.41, 5.74) is -0.293. The lowest BCUT2D eigenvalue weighted by Crippen LogP contribution is -2.34. The van der Waals surface area contributed by atoms with Gasteiger partial charge in [-0.15, -0.1) is 0 Å². The number of amides is 1. The Morgan fingerprint density at radius 1 is 1.53 bits per heavy atom. The molecule has 0 fully saturated rings. The Kier molecular flexibility index (Phi) is 4.84. The quantitative estimate of drug-likeness (QED) is 0.661. The highest BCUT2D eigenvalue weighted by Crippen LogP contribution is 2.08. The van der Waals surface area contributed by atoms with Crippen LogP contribution >= 0.6 is 0 Å². The van der Waals surface area contributed by atoms with E-state index < -0.39 is 11.5 Å². The minimum Gasteiger partial charge on any atom is -0.396 e. The highest BCUT2D eigenvalue weighted by molar-refractivity contribution is 5.91. The summed E-state index contributed by atoms with van der Waals surface area (Å²) in [7, 11) is 0. The Hall–Kier alpha value is -1.69. The van der Waals surface area contributed by atoms with Crippen molar-refractivity contribution in [3.05, 3.63) is 28.4 Å². The lowest BCUT2D eigenvalue weighted by Gasteiger charge is -2.18. The molecular weight excluding hydrogens is 222 g/mol. The Morgan fingerprint density at radius 2 is 2.24 bits per heavy atom. The topological polar surface area (TPSA) is 95.1 Å². The molecule has 0 saturated carbocycles. The van der Waals surface area contributed by atoms with E-state index in [1.807, 2.05) is 13.8 Å². The van der Waals surface area contributed by atoms with E-state index in [2.05, 4.69) is 15.3 Å². The van der Waals surface area contributed by atoms with Crippen LogP contribution in [-0.2, 0) is 0 Å². The first kappa shape index (κ1) is 13.4. The monoisotopic (exact) mass is 239 g/mol. The molecule has 1 rings (SSSR count). The number of hydrogen-bond acceptors (Lipinski definition) is 4. The van der Waals surface area contributed by atoms with Crippen molar-refractivity contribution < 1.29 is 9.90 Å². The van der Waals surface area contributed by atoms with Crippen molar-refractivity contribution in [1.29, 1.82) is 0 Å². The van der Waals surface area contributed by atoms with Gasteiger partial charge in [-0.05, 0) is 5.92 Å². The van der Waals surface area contributed by atoms with Crippen molar-refractivity contribution in [1.82, 2.24) is 15.3 Å². The number of carbonyl (C=O) groups excluding carboxylic acids is 1. The van der Waals surface area contributed by atoms with Crippen LogP contribution < -0.4 is 10.9 Å². The van der Waals surface area contributed by atoms with Crippen LogP contribution in [0.4, 0.5) is 0 Å². The molecule has 0 aromatic carbocycles. The second kappa shape index (κ2) is 6.15. The van der Waals surface area contributed by atoms with E-state index in [1.54, 1.807) is 0 Å². The maximum Gasteiger partial charge on any atom is 0.269 e. The van der Waals surface area contributed by atoms with Crippen molar-refractivity contribution in [2.24, 2.45) is 11.8 Å². The number of aliphatic hydroxyl groups is 1. The molecule has 94 valence electrons. The minimum absolute atomic E-state index is 0.00217. The summed E-state index contributed by atoms with van der Waals surface area (Å²) in [4.78, 5) is 28.6. The van der Waals surface area contributed by atoms with Gasteiger partial charge in [0.15, 0.2) is 0 Å². The van der Waals surface area contributed by atoms with Crippen LogP contribution in [0.3, 0.4) is 0 Å². The van der Waals surface area contributed by atoms with Gasteiger partial charge in [0.05, 0.1) is 12.4 Å². The van der Waals surface area contributed by atoms with Crippen molar-refractivity contribution in [2.75, 3.05) is 13.2 Å². The molecule has 0 aliphatic heterocycles. The predicted molar refractivity (Wildman–Crippen MR) is 62.6 cm³/mol. The fourth-order valence-corrected chi connectivity index (χ4v) is 1.32. The highest BCUT2D eigenvalue weighted by Gasteiger charge is 2.14. The lowest BCUT2D eigenvalue weighted by molar-refractivity contribution is 0.0925. The summed E-state index contributed by atoms with van der Waals surface area (Å²) in [5.74, 6) is -0.120. The van der Waals surface area contributed by atoms with Gasteiger partial charge in [0.1, 0.15) is 5.69 Å². The Bertz CT molecular complexity index is 428. The third-order valence-corrected chi connectivity index (χ3v) is 2.60. The van der Waals surface area contributed by atoms with Crippen LogP contribution in [0.1, 0.15) is 24.3 Å². The maximum atomic E-state index is 11.6. The van der Waals surface area contributed by atoms with E-state index >= 15 is 0 Å². The zero-order valence-corrected chi connectivity index (χ0v) is 9.93. The van der Waals surface area contributed by atoms with Crippen LogP contribution in [0.5, 0.6) is 0 Å². The Labute approximate surface area is 99.1 Å². The lowest BCUT2D eigenvalue weighted by atomic mass is 9.97. The van der Waals surface area contributed by atoms with Crippen LogP contribution in [-0.4, -0.2) is 34.1 Å². The van der Waals surface area contributed by atoms with Gasteiger partial charge in [-0.3, -0.25) is 14.6 Å². The first-order chi connectivity index (χ1) is 8.04. The van der Waals surface area contributed by atoms with Crippen LogP contribution in [0.2, 0.25) is 0 Å². The molecule has 0 spiro atoms. The third-order valence-electron chi connectivity index (χ3n) is 2.60. The van der Waals surface area contributed by atoms with E-state index in [9.17, 15) is 9.59 Å². The Balaban J connectivity index is 2.58. The smallest absolute Gasteiger partial charge is 0.269 e. The van der Waals surface area contributed by atoms with Gasteiger partial charge >= 0.3 is 0 Å². The van der Waals surface area contributed by atoms with E-state index in [-0.39, 0.29) is 24.1 Å². The summed E-state index contributed by atoms with van der Waals surface area (Å²) in [6.07, 6.45) is 2.39. The number of nitrogens with one attached hydrogen (secondary N) is 2. The molecule has 1 atom stereocenters. The molecule has 1 aromatic heterocycles. The number of carbonyl (C=O) groups is 1. The number of nitrogens with zero attached hydrogens (tertiary/aromatic N) is 1. The molecule has 3 N–H and O–H groups in total. The SMILES string of the molecule is CC(C)[C@H](CO)CNC(=O)c1cncc(=O)[nH]1. The number of aliphatic hydroxyl groups excluding tert-OH is 1. The average molecular weight is 239 g/mol. The first-order valence-corrected chi connectivity index (χ1v) is 5.48. The second-order valence-electron chi connectivity index (χ2n) is 4.21. The van der Waals surface area contributed by atoms with Crippen molar-refractivity contribution in [3.8, 4) is 0 Å². The number of rotatable bonds is 5. The molecule has 0 radical (unpaired) electrons. The van der Waals surface area contributed by atoms with E-state index in [0.29, 0.717) is 6.54 Å². The van der Waals surface area contributed by atoms with Crippen LogP contribution in [0.25, 0.3) is 0 Å². The fraction of sp³-hybridized carbons (Fsp3) is 0.545. The van der Waals surface area contributed by atoms with E-state index in [1.165, 1.54) is 6.20 Å². The average Bonchev–Trinajstić information content (AvgIpc) is 2.29. The predicted octanol–water partition coefficient (Wildman–Crippen LogP) is -0.236. The Morgan fingerprint density at radius 3 is 2.76 bits per heavy atom. The molecular formula is C11H17N3O3. The summed E-state index contributed by atoms with van der Waals surface area (Å²) in [5, 5.41) is 11.8. The second-order valence-corrected chi connectivity index (χ2v) is 4.21. The van der Waals surface area contributed by atoms with Crippen molar-refractivity contribution in [3.63, 3.8) is 0 Å². The van der Waals surface area contributed by atoms with Gasteiger partial charge in [0, 0.05) is 19.1 Å². The fourth-order valence-electron chi connectivity index (χ4n) is 1.32. The number of aromatic nitrogens is 2. The van der Waals surface area contributed by atoms with Crippen LogP contribution in [0, 0.1) is 11.8 Å². The molecule has 0 aliphatic rings. The van der Waals surface area contributed by atoms with Gasteiger partial charge in [0.2, 0.25) is 0 Å². The highest BCUT2D eigenvalue weighted by atomic mass is 16.3. The molecule has 1 heterocycles. The van der Waals surface area contributed by atoms with Gasteiger partial charge in [0.25, 0.3) is 11.5 Å². The van der Waals surface area contributed by atoms with Gasteiger partial charge in [-0.2, -0.15) is 0 Å². The standard InChI is InChI=1S/C11H17N3O3/c1-7(2)8(6-15)3-13-11(17)9-4-12-5-10(16)14-9/h4-5,7-8,15H,3,6H2,1-2H3,(H,13,17)(H,14,16)/t8-/m0/s1. The molecule has 1 amide bonds.